The molecule has 74 valence electrons. The molecule has 2 heteroatoms. The lowest BCUT2D eigenvalue weighted by atomic mass is 10.1. The van der Waals surface area contributed by atoms with E-state index in [9.17, 15) is 0 Å². The van der Waals surface area contributed by atoms with Crippen LogP contribution in [0.25, 0.3) is 0 Å². The lowest BCUT2D eigenvalue weighted by molar-refractivity contribution is 0.422. The summed E-state index contributed by atoms with van der Waals surface area (Å²) in [6.07, 6.45) is 7.02. The Kier molecular flexibility index (Phi) is 4.85. The van der Waals surface area contributed by atoms with Gasteiger partial charge < -0.3 is 5.32 Å². The summed E-state index contributed by atoms with van der Waals surface area (Å²) in [4.78, 5) is 0. The lowest BCUT2D eigenvalue weighted by Gasteiger charge is -2.16. The zero-order valence-corrected chi connectivity index (χ0v) is 8.55. The Morgan fingerprint density at radius 2 is 2.23 bits per heavy atom. The molecule has 0 saturated heterocycles. The van der Waals surface area contributed by atoms with E-state index in [1.165, 1.54) is 19.3 Å². The topological polar surface area (TPSA) is 35.8 Å². The summed E-state index contributed by atoms with van der Waals surface area (Å²) < 4.78 is 0. The van der Waals surface area contributed by atoms with E-state index in [2.05, 4.69) is 18.3 Å². The van der Waals surface area contributed by atoms with E-state index in [0.717, 1.165) is 31.3 Å². The quantitative estimate of drug-likeness (QED) is 0.660. The predicted octanol–water partition coefficient (Wildman–Crippen LogP) is 2.46. The van der Waals surface area contributed by atoms with Crippen LogP contribution in [0.3, 0.4) is 0 Å². The Morgan fingerprint density at radius 1 is 1.38 bits per heavy atom. The van der Waals surface area contributed by atoms with Crippen molar-refractivity contribution in [2.75, 3.05) is 6.54 Å². The van der Waals surface area contributed by atoms with E-state index < -0.39 is 0 Å². The molecule has 13 heavy (non-hydrogen) atoms. The number of hydrogen-bond acceptors (Lipinski definition) is 2. The number of nitrogens with zero attached hydrogens (tertiary/aromatic N) is 1. The molecule has 0 bridgehead atoms. The molecular weight excluding hydrogens is 160 g/mol. The van der Waals surface area contributed by atoms with Crippen LogP contribution in [0.15, 0.2) is 0 Å². The molecule has 2 unspecified atom stereocenters. The second kappa shape index (κ2) is 5.99. The van der Waals surface area contributed by atoms with Crippen molar-refractivity contribution in [1.82, 2.24) is 5.32 Å². The minimum absolute atomic E-state index is 0.710. The van der Waals surface area contributed by atoms with Crippen molar-refractivity contribution in [3.05, 3.63) is 0 Å². The summed E-state index contributed by atoms with van der Waals surface area (Å²) in [5.74, 6) is 0.857. The van der Waals surface area contributed by atoms with E-state index in [1.807, 2.05) is 0 Å². The molecule has 1 rings (SSSR count). The largest absolute Gasteiger partial charge is 0.314 e. The second-order valence-corrected chi connectivity index (χ2v) is 4.08. The van der Waals surface area contributed by atoms with Gasteiger partial charge in [0.05, 0.1) is 6.07 Å². The zero-order chi connectivity index (χ0) is 9.52. The van der Waals surface area contributed by atoms with Crippen molar-refractivity contribution in [3.8, 4) is 6.07 Å². The van der Waals surface area contributed by atoms with Gasteiger partial charge in [-0.05, 0) is 38.1 Å². The highest BCUT2D eigenvalue weighted by molar-refractivity contribution is 4.80. The van der Waals surface area contributed by atoms with Gasteiger partial charge in [-0.1, -0.05) is 13.3 Å². The standard InChI is InChI=1S/C11H20N2/c1-10-6-5-7-11(10)13-9-4-2-3-8-12/h10-11,13H,2-7,9H2,1H3. The molecule has 0 aromatic carbocycles. The first-order valence-electron chi connectivity index (χ1n) is 5.45. The van der Waals surface area contributed by atoms with Crippen molar-refractivity contribution in [3.63, 3.8) is 0 Å². The molecule has 0 spiro atoms. The highest BCUT2D eigenvalue weighted by atomic mass is 14.9. The average Bonchev–Trinajstić information content (AvgIpc) is 2.52. The van der Waals surface area contributed by atoms with E-state index in [1.54, 1.807) is 0 Å². The molecule has 1 aliphatic carbocycles. The van der Waals surface area contributed by atoms with Gasteiger partial charge in [-0.3, -0.25) is 0 Å². The number of nitriles is 1. The molecule has 0 heterocycles. The summed E-state index contributed by atoms with van der Waals surface area (Å²) in [5.41, 5.74) is 0. The Bertz CT molecular complexity index is 171. The maximum Gasteiger partial charge on any atom is 0.0621 e. The normalized spacial score (nSPS) is 27.4. The van der Waals surface area contributed by atoms with Crippen LogP contribution in [0.2, 0.25) is 0 Å². The molecule has 0 aromatic heterocycles. The molecule has 0 amide bonds. The third-order valence-electron chi connectivity index (χ3n) is 2.98. The van der Waals surface area contributed by atoms with Crippen molar-refractivity contribution in [1.29, 1.82) is 5.26 Å². The Morgan fingerprint density at radius 3 is 2.85 bits per heavy atom. The van der Waals surface area contributed by atoms with Crippen LogP contribution >= 0.6 is 0 Å². The summed E-state index contributed by atoms with van der Waals surface area (Å²) in [6, 6.07) is 2.93. The van der Waals surface area contributed by atoms with E-state index in [4.69, 9.17) is 5.26 Å². The first-order valence-corrected chi connectivity index (χ1v) is 5.45. The van der Waals surface area contributed by atoms with Gasteiger partial charge >= 0.3 is 0 Å². The smallest absolute Gasteiger partial charge is 0.0621 e. The molecule has 0 aromatic rings. The minimum atomic E-state index is 0.710. The predicted molar refractivity (Wildman–Crippen MR) is 54.3 cm³/mol. The molecule has 1 N–H and O–H groups in total. The number of rotatable bonds is 5. The van der Waals surface area contributed by atoms with Crippen molar-refractivity contribution >= 4 is 0 Å². The Hall–Kier alpha value is -0.550. The molecule has 0 aliphatic heterocycles. The maximum absolute atomic E-state index is 8.35. The summed E-state index contributed by atoms with van der Waals surface area (Å²) in [6.45, 7) is 3.43. The molecular formula is C11H20N2. The van der Waals surface area contributed by atoms with E-state index >= 15 is 0 Å². The average molecular weight is 180 g/mol. The third kappa shape index (κ3) is 3.78. The summed E-state index contributed by atoms with van der Waals surface area (Å²) in [5, 5.41) is 11.9. The number of unbranched alkanes of at least 4 members (excludes halogenated alkanes) is 2. The van der Waals surface area contributed by atoms with Gasteiger partial charge in [0.15, 0.2) is 0 Å². The SMILES string of the molecule is CC1CCCC1NCCCCC#N. The maximum atomic E-state index is 8.35. The number of hydrogen-bond donors (Lipinski definition) is 1. The molecule has 2 atom stereocenters. The van der Waals surface area contributed by atoms with Gasteiger partial charge in [-0.15, -0.1) is 0 Å². The van der Waals surface area contributed by atoms with Gasteiger partial charge in [-0.2, -0.15) is 5.26 Å². The van der Waals surface area contributed by atoms with Gasteiger partial charge in [-0.25, -0.2) is 0 Å². The van der Waals surface area contributed by atoms with Crippen LogP contribution < -0.4 is 5.32 Å². The Balaban J connectivity index is 1.96. The van der Waals surface area contributed by atoms with Crippen LogP contribution in [0.1, 0.15) is 45.4 Å². The van der Waals surface area contributed by atoms with Gasteiger partial charge in [0.2, 0.25) is 0 Å². The van der Waals surface area contributed by atoms with Crippen LogP contribution in [0, 0.1) is 17.2 Å². The molecule has 1 fully saturated rings. The van der Waals surface area contributed by atoms with Crippen LogP contribution in [0.4, 0.5) is 0 Å². The zero-order valence-electron chi connectivity index (χ0n) is 8.55. The first kappa shape index (κ1) is 10.5. The van der Waals surface area contributed by atoms with Crippen LogP contribution in [0.5, 0.6) is 0 Å². The van der Waals surface area contributed by atoms with Crippen molar-refractivity contribution in [2.24, 2.45) is 5.92 Å². The first-order chi connectivity index (χ1) is 6.34. The molecule has 1 saturated carbocycles. The molecule has 0 radical (unpaired) electrons. The van der Waals surface area contributed by atoms with Crippen LogP contribution in [-0.4, -0.2) is 12.6 Å². The van der Waals surface area contributed by atoms with Crippen molar-refractivity contribution in [2.45, 2.75) is 51.5 Å². The van der Waals surface area contributed by atoms with Crippen molar-refractivity contribution < 1.29 is 0 Å². The van der Waals surface area contributed by atoms with E-state index in [0.29, 0.717) is 6.42 Å². The third-order valence-corrected chi connectivity index (χ3v) is 2.98. The fourth-order valence-electron chi connectivity index (χ4n) is 2.07. The monoisotopic (exact) mass is 180 g/mol. The summed E-state index contributed by atoms with van der Waals surface area (Å²) >= 11 is 0. The fraction of sp³-hybridized carbons (Fsp3) is 0.909. The summed E-state index contributed by atoms with van der Waals surface area (Å²) in [7, 11) is 0. The highest BCUT2D eigenvalue weighted by Gasteiger charge is 2.21. The minimum Gasteiger partial charge on any atom is -0.314 e. The molecule has 1 aliphatic rings. The van der Waals surface area contributed by atoms with E-state index in [-0.39, 0.29) is 0 Å². The molecule has 2 nitrogen and oxygen atoms in total. The Labute approximate surface area is 81.3 Å². The van der Waals surface area contributed by atoms with Gasteiger partial charge in [0, 0.05) is 12.5 Å². The van der Waals surface area contributed by atoms with Gasteiger partial charge in [0.1, 0.15) is 0 Å². The van der Waals surface area contributed by atoms with Gasteiger partial charge in [0.25, 0.3) is 0 Å². The number of nitrogens with one attached hydrogen (secondary N) is 1. The fourth-order valence-corrected chi connectivity index (χ4v) is 2.07. The highest BCUT2D eigenvalue weighted by Crippen LogP contribution is 2.24. The lowest BCUT2D eigenvalue weighted by Crippen LogP contribution is -2.31. The van der Waals surface area contributed by atoms with Crippen LogP contribution in [-0.2, 0) is 0 Å². The second-order valence-electron chi connectivity index (χ2n) is 4.08.